The van der Waals surface area contributed by atoms with Crippen molar-refractivity contribution in [2.75, 3.05) is 44.4 Å². The summed E-state index contributed by atoms with van der Waals surface area (Å²) in [6.07, 6.45) is 4.27. The Bertz CT molecular complexity index is 395. The second-order valence-electron chi connectivity index (χ2n) is 5.60. The van der Waals surface area contributed by atoms with Crippen molar-refractivity contribution >= 4 is 11.5 Å². The van der Waals surface area contributed by atoms with Gasteiger partial charge in [0.25, 0.3) is 0 Å². The Morgan fingerprint density at radius 3 is 2.61 bits per heavy atom. The molecule has 1 saturated heterocycles. The number of nitrogen functional groups attached to an aromatic ring is 1. The van der Waals surface area contributed by atoms with E-state index in [-0.39, 0.29) is 0 Å². The van der Waals surface area contributed by atoms with E-state index in [1.807, 2.05) is 6.07 Å². The minimum Gasteiger partial charge on any atom is -0.397 e. The first-order valence-electron chi connectivity index (χ1n) is 6.68. The highest BCUT2D eigenvalue weighted by Gasteiger charge is 2.21. The van der Waals surface area contributed by atoms with Crippen LogP contribution in [0.25, 0.3) is 0 Å². The topological polar surface area (TPSA) is 45.4 Å². The van der Waals surface area contributed by atoms with E-state index < -0.39 is 0 Å². The molecule has 1 aliphatic rings. The maximum atomic E-state index is 5.75. The number of pyridine rings is 1. The van der Waals surface area contributed by atoms with Crippen molar-refractivity contribution in [3.63, 3.8) is 0 Å². The molecule has 1 aliphatic heterocycles. The normalized spacial score (nSPS) is 17.4. The van der Waals surface area contributed by atoms with Gasteiger partial charge in [-0.05, 0) is 51.4 Å². The van der Waals surface area contributed by atoms with E-state index in [1.165, 1.54) is 24.9 Å². The van der Waals surface area contributed by atoms with Crippen LogP contribution in [-0.2, 0) is 0 Å². The van der Waals surface area contributed by atoms with Gasteiger partial charge in [0, 0.05) is 19.6 Å². The van der Waals surface area contributed by atoms with Crippen LogP contribution in [0.4, 0.5) is 11.5 Å². The number of nitrogens with zero attached hydrogens (tertiary/aromatic N) is 3. The molecule has 100 valence electrons. The SMILES string of the molecule is Cc1cc(N)cnc1N1CCC(CN(C)C)CC1. The first-order chi connectivity index (χ1) is 8.56. The maximum absolute atomic E-state index is 5.75. The summed E-state index contributed by atoms with van der Waals surface area (Å²) in [4.78, 5) is 9.15. The largest absolute Gasteiger partial charge is 0.397 e. The standard InChI is InChI=1S/C14H24N4/c1-11-8-13(15)9-16-14(11)18-6-4-12(5-7-18)10-17(2)3/h8-9,12H,4-7,10,15H2,1-3H3. The van der Waals surface area contributed by atoms with Crippen LogP contribution in [0.5, 0.6) is 0 Å². The lowest BCUT2D eigenvalue weighted by atomic mass is 9.96. The molecular formula is C14H24N4. The van der Waals surface area contributed by atoms with Gasteiger partial charge >= 0.3 is 0 Å². The van der Waals surface area contributed by atoms with Crippen molar-refractivity contribution in [3.8, 4) is 0 Å². The Kier molecular flexibility index (Phi) is 4.07. The molecule has 0 atom stereocenters. The van der Waals surface area contributed by atoms with E-state index in [0.717, 1.165) is 30.5 Å². The predicted octanol–water partition coefficient (Wildman–Crippen LogP) is 1.75. The minimum atomic E-state index is 0.749. The van der Waals surface area contributed by atoms with Crippen molar-refractivity contribution in [3.05, 3.63) is 17.8 Å². The number of nitrogens with two attached hydrogens (primary N) is 1. The van der Waals surface area contributed by atoms with Crippen molar-refractivity contribution in [2.24, 2.45) is 5.92 Å². The second-order valence-corrected chi connectivity index (χ2v) is 5.60. The third kappa shape index (κ3) is 3.13. The molecule has 0 aromatic carbocycles. The van der Waals surface area contributed by atoms with Crippen LogP contribution in [0.1, 0.15) is 18.4 Å². The van der Waals surface area contributed by atoms with Crippen LogP contribution in [0.3, 0.4) is 0 Å². The van der Waals surface area contributed by atoms with E-state index in [1.54, 1.807) is 6.20 Å². The molecule has 1 aromatic heterocycles. The number of anilines is 2. The lowest BCUT2D eigenvalue weighted by Gasteiger charge is -2.34. The van der Waals surface area contributed by atoms with Gasteiger partial charge in [0.1, 0.15) is 5.82 Å². The van der Waals surface area contributed by atoms with E-state index in [9.17, 15) is 0 Å². The summed E-state index contributed by atoms with van der Waals surface area (Å²) in [5.74, 6) is 1.93. The number of aryl methyl sites for hydroxylation is 1. The highest BCUT2D eigenvalue weighted by atomic mass is 15.2. The van der Waals surface area contributed by atoms with Gasteiger partial charge in [-0.1, -0.05) is 0 Å². The summed E-state index contributed by atoms with van der Waals surface area (Å²) in [7, 11) is 4.30. The molecular weight excluding hydrogens is 224 g/mol. The molecule has 4 nitrogen and oxygen atoms in total. The molecule has 0 saturated carbocycles. The highest BCUT2D eigenvalue weighted by molar-refractivity contribution is 5.52. The van der Waals surface area contributed by atoms with Crippen molar-refractivity contribution in [1.82, 2.24) is 9.88 Å². The van der Waals surface area contributed by atoms with Crippen LogP contribution < -0.4 is 10.6 Å². The van der Waals surface area contributed by atoms with Gasteiger partial charge in [0.2, 0.25) is 0 Å². The first kappa shape index (κ1) is 13.1. The number of piperidine rings is 1. The lowest BCUT2D eigenvalue weighted by Crippen LogP contribution is -2.37. The zero-order valence-electron chi connectivity index (χ0n) is 11.7. The fourth-order valence-electron chi connectivity index (χ4n) is 2.76. The van der Waals surface area contributed by atoms with E-state index in [2.05, 4.69) is 35.8 Å². The smallest absolute Gasteiger partial charge is 0.131 e. The summed E-state index contributed by atoms with van der Waals surface area (Å²) in [6, 6.07) is 2.01. The lowest BCUT2D eigenvalue weighted by molar-refractivity contribution is 0.284. The van der Waals surface area contributed by atoms with Gasteiger partial charge in [-0.25, -0.2) is 4.98 Å². The Morgan fingerprint density at radius 1 is 1.39 bits per heavy atom. The van der Waals surface area contributed by atoms with Crippen LogP contribution in [0.2, 0.25) is 0 Å². The molecule has 2 N–H and O–H groups in total. The molecule has 2 heterocycles. The highest BCUT2D eigenvalue weighted by Crippen LogP contribution is 2.25. The Hall–Kier alpha value is -1.29. The quantitative estimate of drug-likeness (QED) is 0.885. The van der Waals surface area contributed by atoms with Crippen LogP contribution in [0.15, 0.2) is 12.3 Å². The molecule has 0 radical (unpaired) electrons. The maximum Gasteiger partial charge on any atom is 0.131 e. The number of hydrogen-bond acceptors (Lipinski definition) is 4. The van der Waals surface area contributed by atoms with E-state index >= 15 is 0 Å². The van der Waals surface area contributed by atoms with Gasteiger partial charge < -0.3 is 15.5 Å². The average Bonchev–Trinajstić information content (AvgIpc) is 2.30. The van der Waals surface area contributed by atoms with Gasteiger partial charge in [-0.3, -0.25) is 0 Å². The third-order valence-corrected chi connectivity index (χ3v) is 3.61. The number of aromatic nitrogens is 1. The molecule has 4 heteroatoms. The van der Waals surface area contributed by atoms with Crippen LogP contribution in [0, 0.1) is 12.8 Å². The number of rotatable bonds is 3. The predicted molar refractivity (Wildman–Crippen MR) is 76.9 cm³/mol. The monoisotopic (exact) mass is 248 g/mol. The minimum absolute atomic E-state index is 0.749. The van der Waals surface area contributed by atoms with Crippen LogP contribution >= 0.6 is 0 Å². The van der Waals surface area contributed by atoms with Crippen LogP contribution in [-0.4, -0.2) is 43.6 Å². The zero-order valence-corrected chi connectivity index (χ0v) is 11.7. The van der Waals surface area contributed by atoms with Gasteiger partial charge in [0.15, 0.2) is 0 Å². The summed E-state index contributed by atoms with van der Waals surface area (Å²) in [6.45, 7) is 5.50. The fraction of sp³-hybridized carbons (Fsp3) is 0.643. The van der Waals surface area contributed by atoms with Gasteiger partial charge in [0.05, 0.1) is 11.9 Å². The molecule has 0 unspecified atom stereocenters. The molecule has 0 spiro atoms. The summed E-state index contributed by atoms with van der Waals surface area (Å²) >= 11 is 0. The second kappa shape index (κ2) is 5.57. The molecule has 0 aliphatic carbocycles. The Labute approximate surface area is 110 Å². The van der Waals surface area contributed by atoms with E-state index in [0.29, 0.717) is 0 Å². The molecule has 2 rings (SSSR count). The summed E-state index contributed by atoms with van der Waals surface area (Å²) < 4.78 is 0. The first-order valence-corrected chi connectivity index (χ1v) is 6.68. The van der Waals surface area contributed by atoms with E-state index in [4.69, 9.17) is 5.73 Å². The van der Waals surface area contributed by atoms with Crippen molar-refractivity contribution in [2.45, 2.75) is 19.8 Å². The van der Waals surface area contributed by atoms with Gasteiger partial charge in [-0.15, -0.1) is 0 Å². The third-order valence-electron chi connectivity index (χ3n) is 3.61. The van der Waals surface area contributed by atoms with Crippen molar-refractivity contribution in [1.29, 1.82) is 0 Å². The van der Waals surface area contributed by atoms with Gasteiger partial charge in [-0.2, -0.15) is 0 Å². The molecule has 1 fully saturated rings. The average molecular weight is 248 g/mol. The van der Waals surface area contributed by atoms with Crippen molar-refractivity contribution < 1.29 is 0 Å². The molecule has 0 amide bonds. The zero-order chi connectivity index (χ0) is 13.1. The molecule has 1 aromatic rings. The fourth-order valence-corrected chi connectivity index (χ4v) is 2.76. The molecule has 18 heavy (non-hydrogen) atoms. The number of hydrogen-bond donors (Lipinski definition) is 1. The summed E-state index contributed by atoms with van der Waals surface area (Å²) in [5.41, 5.74) is 7.68. The molecule has 0 bridgehead atoms. The Morgan fingerprint density at radius 2 is 2.06 bits per heavy atom. The summed E-state index contributed by atoms with van der Waals surface area (Å²) in [5, 5.41) is 0. The Balaban J connectivity index is 1.97.